The molecule has 0 aliphatic carbocycles. The van der Waals surface area contributed by atoms with Crippen LogP contribution < -0.4 is 15.4 Å². The second-order valence-corrected chi connectivity index (χ2v) is 5.86. The average molecular weight is 433 g/mol. The van der Waals surface area contributed by atoms with Crippen LogP contribution in [-0.4, -0.2) is 45.4 Å². The van der Waals surface area contributed by atoms with Gasteiger partial charge in [-0.1, -0.05) is 12.1 Å². The fourth-order valence-corrected chi connectivity index (χ4v) is 2.62. The minimum absolute atomic E-state index is 0. The topological polar surface area (TPSA) is 54.9 Å². The highest BCUT2D eigenvalue weighted by molar-refractivity contribution is 14.0. The van der Waals surface area contributed by atoms with Crippen LogP contribution in [0.3, 0.4) is 0 Å². The monoisotopic (exact) mass is 433 g/mol. The minimum Gasteiger partial charge on any atom is -0.497 e. The Morgan fingerprint density at radius 3 is 2.87 bits per heavy atom. The van der Waals surface area contributed by atoms with Gasteiger partial charge in [-0.2, -0.15) is 0 Å². The van der Waals surface area contributed by atoms with Crippen molar-refractivity contribution in [2.24, 2.45) is 4.99 Å². The fourth-order valence-electron chi connectivity index (χ4n) is 2.62. The summed E-state index contributed by atoms with van der Waals surface area (Å²) in [6, 6.07) is 8.14. The van der Waals surface area contributed by atoms with Crippen LogP contribution in [0.2, 0.25) is 0 Å². The zero-order chi connectivity index (χ0) is 15.8. The molecule has 1 aliphatic rings. The SMILES string of the molecule is CN=C(NCCc1cccc(OC)c1)NCC1(C)CCCO1.I. The number of nitrogens with zero attached hydrogens (tertiary/aromatic N) is 1. The Bertz CT molecular complexity index is 502. The van der Waals surface area contributed by atoms with Gasteiger partial charge in [-0.3, -0.25) is 4.99 Å². The molecule has 1 aromatic rings. The molecule has 23 heavy (non-hydrogen) atoms. The van der Waals surface area contributed by atoms with E-state index in [4.69, 9.17) is 9.47 Å². The average Bonchev–Trinajstić information content (AvgIpc) is 2.98. The molecule has 1 saturated heterocycles. The van der Waals surface area contributed by atoms with Gasteiger partial charge in [0.15, 0.2) is 5.96 Å². The van der Waals surface area contributed by atoms with Crippen LogP contribution in [0.1, 0.15) is 25.3 Å². The first kappa shape index (κ1) is 20.0. The van der Waals surface area contributed by atoms with Crippen molar-refractivity contribution in [1.82, 2.24) is 10.6 Å². The van der Waals surface area contributed by atoms with Gasteiger partial charge in [-0.15, -0.1) is 24.0 Å². The standard InChI is InChI=1S/C17H27N3O2.HI/c1-17(9-5-11-22-17)13-20-16(18-2)19-10-8-14-6-4-7-15(12-14)21-3;/h4,6-7,12H,5,8-11,13H2,1-3H3,(H2,18,19,20);1H. The fraction of sp³-hybridized carbons (Fsp3) is 0.588. The lowest BCUT2D eigenvalue weighted by molar-refractivity contribution is 0.0243. The maximum Gasteiger partial charge on any atom is 0.191 e. The molecule has 2 rings (SSSR count). The second-order valence-electron chi connectivity index (χ2n) is 5.86. The predicted octanol–water partition coefficient (Wildman–Crippen LogP) is 2.59. The van der Waals surface area contributed by atoms with Gasteiger partial charge >= 0.3 is 0 Å². The minimum atomic E-state index is -0.0651. The van der Waals surface area contributed by atoms with Gasteiger partial charge < -0.3 is 20.1 Å². The van der Waals surface area contributed by atoms with Crippen molar-refractivity contribution in [3.8, 4) is 5.75 Å². The van der Waals surface area contributed by atoms with Gasteiger partial charge in [0.05, 0.1) is 12.7 Å². The lowest BCUT2D eigenvalue weighted by Crippen LogP contribution is -2.45. The molecule has 1 heterocycles. The van der Waals surface area contributed by atoms with E-state index < -0.39 is 0 Å². The summed E-state index contributed by atoms with van der Waals surface area (Å²) in [5, 5.41) is 6.69. The Labute approximate surface area is 156 Å². The molecule has 1 fully saturated rings. The van der Waals surface area contributed by atoms with Crippen molar-refractivity contribution >= 4 is 29.9 Å². The zero-order valence-electron chi connectivity index (χ0n) is 14.2. The van der Waals surface area contributed by atoms with E-state index in [-0.39, 0.29) is 29.6 Å². The lowest BCUT2D eigenvalue weighted by Gasteiger charge is -2.24. The summed E-state index contributed by atoms with van der Waals surface area (Å²) in [6.07, 6.45) is 3.16. The van der Waals surface area contributed by atoms with E-state index in [0.717, 1.165) is 50.7 Å². The Hall–Kier alpha value is -1.02. The van der Waals surface area contributed by atoms with E-state index in [1.54, 1.807) is 14.2 Å². The van der Waals surface area contributed by atoms with E-state index in [9.17, 15) is 0 Å². The summed E-state index contributed by atoms with van der Waals surface area (Å²) in [5.41, 5.74) is 1.18. The quantitative estimate of drug-likeness (QED) is 0.412. The van der Waals surface area contributed by atoms with Gasteiger partial charge in [0.25, 0.3) is 0 Å². The third-order valence-corrected chi connectivity index (χ3v) is 3.99. The first-order valence-electron chi connectivity index (χ1n) is 7.87. The van der Waals surface area contributed by atoms with Crippen molar-refractivity contribution in [3.05, 3.63) is 29.8 Å². The first-order chi connectivity index (χ1) is 10.6. The third kappa shape index (κ3) is 6.55. The molecule has 0 aromatic heterocycles. The number of halogens is 1. The Morgan fingerprint density at radius 2 is 2.22 bits per heavy atom. The second kappa shape index (κ2) is 9.97. The van der Waals surface area contributed by atoms with Gasteiger partial charge in [0.2, 0.25) is 0 Å². The van der Waals surface area contributed by atoms with Crippen LogP contribution in [0.25, 0.3) is 0 Å². The number of benzene rings is 1. The molecule has 0 amide bonds. The molecule has 1 aliphatic heterocycles. The summed E-state index contributed by atoms with van der Waals surface area (Å²) in [5.74, 6) is 1.71. The number of guanidine groups is 1. The molecule has 1 unspecified atom stereocenters. The third-order valence-electron chi connectivity index (χ3n) is 3.99. The van der Waals surface area contributed by atoms with Crippen molar-refractivity contribution < 1.29 is 9.47 Å². The van der Waals surface area contributed by atoms with Crippen molar-refractivity contribution in [2.45, 2.75) is 31.8 Å². The molecule has 0 saturated carbocycles. The summed E-state index contributed by atoms with van der Waals surface area (Å²) < 4.78 is 11.0. The lowest BCUT2D eigenvalue weighted by atomic mass is 10.0. The molecule has 0 radical (unpaired) electrons. The summed E-state index contributed by atoms with van der Waals surface area (Å²) in [6.45, 7) is 4.62. The molecule has 0 spiro atoms. The Morgan fingerprint density at radius 1 is 1.39 bits per heavy atom. The number of methoxy groups -OCH3 is 1. The molecule has 0 bridgehead atoms. The number of aliphatic imine (C=N–C) groups is 1. The summed E-state index contributed by atoms with van der Waals surface area (Å²) >= 11 is 0. The molecule has 130 valence electrons. The van der Waals surface area contributed by atoms with Gasteiger partial charge in [-0.05, 0) is 43.9 Å². The summed E-state index contributed by atoms with van der Waals surface area (Å²) in [4.78, 5) is 4.26. The number of hydrogen-bond acceptors (Lipinski definition) is 3. The molecular weight excluding hydrogens is 405 g/mol. The van der Waals surface area contributed by atoms with Crippen LogP contribution in [0.5, 0.6) is 5.75 Å². The van der Waals surface area contributed by atoms with E-state index in [1.807, 2.05) is 12.1 Å². The normalized spacial score (nSPS) is 20.7. The summed E-state index contributed by atoms with van der Waals surface area (Å²) in [7, 11) is 3.48. The first-order valence-corrected chi connectivity index (χ1v) is 7.87. The van der Waals surface area contributed by atoms with Gasteiger partial charge in [0, 0.05) is 26.7 Å². The van der Waals surface area contributed by atoms with Crippen LogP contribution in [0.4, 0.5) is 0 Å². The Kier molecular flexibility index (Phi) is 8.68. The van der Waals surface area contributed by atoms with E-state index in [1.165, 1.54) is 5.56 Å². The predicted molar refractivity (Wildman–Crippen MR) is 105 cm³/mol. The van der Waals surface area contributed by atoms with Crippen molar-refractivity contribution in [3.63, 3.8) is 0 Å². The smallest absolute Gasteiger partial charge is 0.191 e. The highest BCUT2D eigenvalue weighted by Gasteiger charge is 2.29. The molecule has 1 atom stereocenters. The van der Waals surface area contributed by atoms with Crippen molar-refractivity contribution in [2.75, 3.05) is 33.9 Å². The number of nitrogens with one attached hydrogen (secondary N) is 2. The molecule has 2 N–H and O–H groups in total. The van der Waals surface area contributed by atoms with Gasteiger partial charge in [0.1, 0.15) is 5.75 Å². The van der Waals surface area contributed by atoms with E-state index in [0.29, 0.717) is 0 Å². The van der Waals surface area contributed by atoms with Crippen molar-refractivity contribution in [1.29, 1.82) is 0 Å². The van der Waals surface area contributed by atoms with Crippen LogP contribution >= 0.6 is 24.0 Å². The number of ether oxygens (including phenoxy) is 2. The largest absolute Gasteiger partial charge is 0.497 e. The highest BCUT2D eigenvalue weighted by Crippen LogP contribution is 2.23. The zero-order valence-corrected chi connectivity index (χ0v) is 16.6. The van der Waals surface area contributed by atoms with Crippen LogP contribution in [0, 0.1) is 0 Å². The maximum atomic E-state index is 5.78. The number of hydrogen-bond donors (Lipinski definition) is 2. The van der Waals surface area contributed by atoms with Crippen LogP contribution in [-0.2, 0) is 11.2 Å². The highest BCUT2D eigenvalue weighted by atomic mass is 127. The van der Waals surface area contributed by atoms with Crippen LogP contribution in [0.15, 0.2) is 29.3 Å². The molecular formula is C17H28IN3O2. The van der Waals surface area contributed by atoms with E-state index >= 15 is 0 Å². The maximum absolute atomic E-state index is 5.78. The molecule has 1 aromatic carbocycles. The molecule has 6 heteroatoms. The Balaban J connectivity index is 0.00000264. The number of rotatable bonds is 6. The molecule has 5 nitrogen and oxygen atoms in total. The van der Waals surface area contributed by atoms with E-state index in [2.05, 4.69) is 34.7 Å². The van der Waals surface area contributed by atoms with Gasteiger partial charge in [-0.25, -0.2) is 0 Å².